The van der Waals surface area contributed by atoms with Crippen LogP contribution >= 0.6 is 24.0 Å². The predicted octanol–water partition coefficient (Wildman–Crippen LogP) is 1.30. The Morgan fingerprint density at radius 2 is 1.75 bits per heavy atom. The molecule has 0 bridgehead atoms. The van der Waals surface area contributed by atoms with Crippen LogP contribution in [-0.2, 0) is 6.54 Å². The van der Waals surface area contributed by atoms with E-state index in [1.165, 1.54) is 39.1 Å². The zero-order chi connectivity index (χ0) is 16.3. The number of nitrogens with one attached hydrogen (secondary N) is 2. The third-order valence-corrected chi connectivity index (χ3v) is 4.31. The topological polar surface area (TPSA) is 47.8 Å². The Morgan fingerprint density at radius 1 is 1.00 bits per heavy atom. The number of hydrogen-bond acceptors (Lipinski definition) is 3. The minimum atomic E-state index is 0. The summed E-state index contributed by atoms with van der Waals surface area (Å²) in [6.45, 7) is 8.82. The largest absolute Gasteiger partial charge is 0.356 e. The van der Waals surface area contributed by atoms with Gasteiger partial charge >= 0.3 is 0 Å². The summed E-state index contributed by atoms with van der Waals surface area (Å²) in [6.07, 6.45) is 6.60. The van der Waals surface area contributed by atoms with Gasteiger partial charge in [0.2, 0.25) is 0 Å². The SMILES string of the molecule is CN=C(NCCCN1CCCN(C)CC1)NCCn1cccc1.I. The smallest absolute Gasteiger partial charge is 0.191 e. The summed E-state index contributed by atoms with van der Waals surface area (Å²) < 4.78 is 2.16. The first kappa shape index (κ1) is 21.2. The van der Waals surface area contributed by atoms with E-state index >= 15 is 0 Å². The second-order valence-corrected chi connectivity index (χ2v) is 6.20. The Morgan fingerprint density at radius 3 is 2.50 bits per heavy atom. The van der Waals surface area contributed by atoms with Crippen LogP contribution in [0.5, 0.6) is 0 Å². The number of aliphatic imine (C=N–C) groups is 1. The number of hydrogen-bond donors (Lipinski definition) is 2. The standard InChI is InChI=1S/C17H32N6.HI/c1-18-17(20-8-14-22-10-3-4-11-22)19-7-5-12-23-13-6-9-21(2)15-16-23;/h3-4,10-11H,5-9,12-16H2,1-2H3,(H2,18,19,20);1H. The fraction of sp³-hybridized carbons (Fsp3) is 0.706. The first-order chi connectivity index (χ1) is 11.3. The predicted molar refractivity (Wildman–Crippen MR) is 112 cm³/mol. The van der Waals surface area contributed by atoms with Crippen molar-refractivity contribution in [1.29, 1.82) is 0 Å². The summed E-state index contributed by atoms with van der Waals surface area (Å²) >= 11 is 0. The van der Waals surface area contributed by atoms with Crippen molar-refractivity contribution in [3.63, 3.8) is 0 Å². The molecule has 2 heterocycles. The molecule has 138 valence electrons. The van der Waals surface area contributed by atoms with Gasteiger partial charge in [0.25, 0.3) is 0 Å². The third kappa shape index (κ3) is 8.34. The van der Waals surface area contributed by atoms with Crippen molar-refractivity contribution in [1.82, 2.24) is 25.0 Å². The monoisotopic (exact) mass is 448 g/mol. The van der Waals surface area contributed by atoms with E-state index in [1.54, 1.807) is 0 Å². The van der Waals surface area contributed by atoms with E-state index in [2.05, 4.69) is 49.4 Å². The minimum absolute atomic E-state index is 0. The van der Waals surface area contributed by atoms with Crippen LogP contribution in [-0.4, -0.2) is 80.2 Å². The van der Waals surface area contributed by atoms with E-state index in [9.17, 15) is 0 Å². The number of halogens is 1. The molecule has 0 aliphatic carbocycles. The maximum atomic E-state index is 4.28. The van der Waals surface area contributed by atoms with Crippen LogP contribution in [0, 0.1) is 0 Å². The first-order valence-electron chi connectivity index (χ1n) is 8.74. The number of guanidine groups is 1. The molecule has 0 radical (unpaired) electrons. The average molecular weight is 448 g/mol. The average Bonchev–Trinajstić information content (AvgIpc) is 2.99. The number of likely N-dealkylation sites (N-methyl/N-ethyl adjacent to an activating group) is 1. The third-order valence-electron chi connectivity index (χ3n) is 4.31. The molecule has 1 aromatic rings. The maximum absolute atomic E-state index is 4.28. The Bertz CT molecular complexity index is 448. The summed E-state index contributed by atoms with van der Waals surface area (Å²) in [5.74, 6) is 0.896. The molecule has 24 heavy (non-hydrogen) atoms. The van der Waals surface area contributed by atoms with E-state index in [0.717, 1.165) is 32.0 Å². The van der Waals surface area contributed by atoms with E-state index in [4.69, 9.17) is 0 Å². The highest BCUT2D eigenvalue weighted by atomic mass is 127. The lowest BCUT2D eigenvalue weighted by atomic mass is 10.3. The van der Waals surface area contributed by atoms with E-state index in [1.807, 2.05) is 19.2 Å². The molecule has 0 spiro atoms. The van der Waals surface area contributed by atoms with Gasteiger partial charge in [-0.15, -0.1) is 24.0 Å². The number of aromatic nitrogens is 1. The van der Waals surface area contributed by atoms with Gasteiger partial charge in [0.05, 0.1) is 0 Å². The maximum Gasteiger partial charge on any atom is 0.191 e. The second kappa shape index (κ2) is 12.5. The van der Waals surface area contributed by atoms with Crippen molar-refractivity contribution >= 4 is 29.9 Å². The summed E-state index contributed by atoms with van der Waals surface area (Å²) in [7, 11) is 4.05. The zero-order valence-corrected chi connectivity index (χ0v) is 17.4. The minimum Gasteiger partial charge on any atom is -0.356 e. The Hall–Kier alpha value is -0.800. The summed E-state index contributed by atoms with van der Waals surface area (Å²) in [6, 6.07) is 4.10. The molecular formula is C17H33IN6. The Kier molecular flexibility index (Phi) is 11.1. The van der Waals surface area contributed by atoms with Gasteiger partial charge in [0.1, 0.15) is 0 Å². The van der Waals surface area contributed by atoms with Gasteiger partial charge in [-0.25, -0.2) is 0 Å². The van der Waals surface area contributed by atoms with Crippen LogP contribution < -0.4 is 10.6 Å². The lowest BCUT2D eigenvalue weighted by Gasteiger charge is -2.20. The normalized spacial score (nSPS) is 17.2. The molecule has 1 aliphatic rings. The van der Waals surface area contributed by atoms with Crippen LogP contribution in [0.25, 0.3) is 0 Å². The molecule has 1 fully saturated rings. The molecule has 0 amide bonds. The summed E-state index contributed by atoms with van der Waals surface area (Å²) in [5.41, 5.74) is 0. The number of rotatable bonds is 7. The lowest BCUT2D eigenvalue weighted by molar-refractivity contribution is 0.274. The molecule has 1 aliphatic heterocycles. The van der Waals surface area contributed by atoms with Gasteiger partial charge in [-0.2, -0.15) is 0 Å². The van der Waals surface area contributed by atoms with Gasteiger partial charge in [-0.05, 0) is 51.7 Å². The highest BCUT2D eigenvalue weighted by Gasteiger charge is 2.11. The van der Waals surface area contributed by atoms with E-state index in [0.29, 0.717) is 0 Å². The van der Waals surface area contributed by atoms with Gasteiger partial charge in [0.15, 0.2) is 5.96 Å². The fourth-order valence-electron chi connectivity index (χ4n) is 2.88. The molecule has 0 saturated carbocycles. The van der Waals surface area contributed by atoms with Crippen molar-refractivity contribution in [2.75, 3.05) is 59.9 Å². The molecule has 0 atom stereocenters. The van der Waals surface area contributed by atoms with Crippen molar-refractivity contribution in [3.8, 4) is 0 Å². The quantitative estimate of drug-likeness (QED) is 0.286. The highest BCUT2D eigenvalue weighted by Crippen LogP contribution is 2.01. The van der Waals surface area contributed by atoms with E-state index < -0.39 is 0 Å². The number of nitrogens with zero attached hydrogens (tertiary/aromatic N) is 4. The van der Waals surface area contributed by atoms with Crippen LogP contribution in [0.4, 0.5) is 0 Å². The summed E-state index contributed by atoms with van der Waals surface area (Å²) in [5, 5.41) is 6.77. The van der Waals surface area contributed by atoms with Crippen LogP contribution in [0.2, 0.25) is 0 Å². The van der Waals surface area contributed by atoms with Gasteiger partial charge in [0, 0.05) is 52.2 Å². The van der Waals surface area contributed by atoms with Crippen molar-refractivity contribution < 1.29 is 0 Å². The van der Waals surface area contributed by atoms with Crippen molar-refractivity contribution in [2.24, 2.45) is 4.99 Å². The molecule has 2 rings (SSSR count). The molecule has 0 aromatic carbocycles. The molecular weight excluding hydrogens is 415 g/mol. The molecule has 0 unspecified atom stereocenters. The molecule has 1 aromatic heterocycles. The summed E-state index contributed by atoms with van der Waals surface area (Å²) in [4.78, 5) is 9.28. The van der Waals surface area contributed by atoms with Crippen molar-refractivity contribution in [3.05, 3.63) is 24.5 Å². The van der Waals surface area contributed by atoms with Gasteiger partial charge < -0.3 is 25.0 Å². The zero-order valence-electron chi connectivity index (χ0n) is 15.1. The Balaban J connectivity index is 0.00000288. The molecule has 2 N–H and O–H groups in total. The van der Waals surface area contributed by atoms with Gasteiger partial charge in [-0.3, -0.25) is 4.99 Å². The molecule has 1 saturated heterocycles. The van der Waals surface area contributed by atoms with Crippen molar-refractivity contribution in [2.45, 2.75) is 19.4 Å². The van der Waals surface area contributed by atoms with Crippen LogP contribution in [0.3, 0.4) is 0 Å². The second-order valence-electron chi connectivity index (χ2n) is 6.20. The highest BCUT2D eigenvalue weighted by molar-refractivity contribution is 14.0. The first-order valence-corrected chi connectivity index (χ1v) is 8.74. The lowest BCUT2D eigenvalue weighted by Crippen LogP contribution is -2.40. The van der Waals surface area contributed by atoms with Crippen LogP contribution in [0.15, 0.2) is 29.5 Å². The van der Waals surface area contributed by atoms with Gasteiger partial charge in [-0.1, -0.05) is 0 Å². The van der Waals surface area contributed by atoms with Crippen LogP contribution in [0.1, 0.15) is 12.8 Å². The molecule has 7 heteroatoms. The fourth-order valence-corrected chi connectivity index (χ4v) is 2.88. The molecule has 6 nitrogen and oxygen atoms in total. The Labute approximate surface area is 163 Å². The van der Waals surface area contributed by atoms with E-state index in [-0.39, 0.29) is 24.0 Å².